The van der Waals surface area contributed by atoms with Gasteiger partial charge in [-0.15, -0.1) is 18.3 Å². The molecule has 1 unspecified atom stereocenters. The highest BCUT2D eigenvalue weighted by atomic mass is 35.5. The van der Waals surface area contributed by atoms with Crippen molar-refractivity contribution in [2.24, 2.45) is 34.0 Å². The Morgan fingerprint density at radius 2 is 1.98 bits per heavy atom. The lowest BCUT2D eigenvalue weighted by Crippen LogP contribution is -3.00. The van der Waals surface area contributed by atoms with Crippen LogP contribution >= 0.6 is 11.8 Å². The van der Waals surface area contributed by atoms with Crippen LogP contribution in [0.25, 0.3) is 0 Å². The van der Waals surface area contributed by atoms with Crippen LogP contribution < -0.4 is 23.0 Å². The summed E-state index contributed by atoms with van der Waals surface area (Å²) in [6.45, 7) is 13.6. The molecule has 9 heteroatoms. The molecule has 1 aromatic carbocycles. The number of halogens is 1. The molecule has 1 saturated heterocycles. The van der Waals surface area contributed by atoms with E-state index in [2.05, 4.69) is 38.0 Å². The molecule has 4 fully saturated rings. The van der Waals surface area contributed by atoms with Crippen molar-refractivity contribution in [1.82, 2.24) is 0 Å². The quantitative estimate of drug-likeness (QED) is 0.227. The topological polar surface area (TPSA) is 109 Å². The summed E-state index contributed by atoms with van der Waals surface area (Å²) < 4.78 is 6.38. The maximum absolute atomic E-state index is 13.6. The molecule has 2 bridgehead atoms. The van der Waals surface area contributed by atoms with Crippen molar-refractivity contribution in [3.63, 3.8) is 0 Å². The molecular formula is C35H51ClN2O5S. The number of benzene rings is 1. The molecule has 44 heavy (non-hydrogen) atoms. The standard InChI is InChI=1S/C35H50N2O5S.ClH/c1-6-33(4)21-28(34(5)22(2)13-16-35(23(3)31(33)40)17-14-27(38)30(34)35)42-29(39)15-19-43-25-11-9-10-24(20-25)37-32(41)26-12-7-8-18-36-26;/h6,9-11,20,22-23,26,28,30-31,36,40H,1,7-8,12-19,21H2,2-5H3,(H,37,41);1H/t22-,23+,26-,28-,30?,31+,33-,34+,35+;/m1./s1. The van der Waals surface area contributed by atoms with Crippen LogP contribution in [0.5, 0.6) is 0 Å². The third kappa shape index (κ3) is 6.38. The number of thioether (sulfide) groups is 1. The summed E-state index contributed by atoms with van der Waals surface area (Å²) in [7, 11) is 0. The van der Waals surface area contributed by atoms with Crippen molar-refractivity contribution in [1.29, 1.82) is 0 Å². The van der Waals surface area contributed by atoms with Crippen molar-refractivity contribution in [2.75, 3.05) is 17.6 Å². The molecule has 1 aromatic rings. The van der Waals surface area contributed by atoms with Crippen LogP contribution in [0.1, 0.15) is 85.5 Å². The van der Waals surface area contributed by atoms with Crippen LogP contribution in [0.2, 0.25) is 0 Å². The molecule has 4 aliphatic rings. The van der Waals surface area contributed by atoms with Crippen molar-refractivity contribution >= 4 is 35.1 Å². The Kier molecular flexibility index (Phi) is 11.0. The van der Waals surface area contributed by atoms with E-state index in [1.807, 2.05) is 37.3 Å². The Morgan fingerprint density at radius 1 is 1.20 bits per heavy atom. The van der Waals surface area contributed by atoms with Gasteiger partial charge in [0.05, 0.1) is 19.1 Å². The van der Waals surface area contributed by atoms with E-state index in [0.29, 0.717) is 18.6 Å². The number of piperidine rings is 1. The van der Waals surface area contributed by atoms with E-state index in [9.17, 15) is 19.5 Å². The third-order valence-corrected chi connectivity index (χ3v) is 13.0. The first kappa shape index (κ1) is 35.0. The van der Waals surface area contributed by atoms with Gasteiger partial charge in [0.15, 0.2) is 6.04 Å². The predicted molar refractivity (Wildman–Crippen MR) is 169 cm³/mol. The smallest absolute Gasteiger partial charge is 0.306 e. The van der Waals surface area contributed by atoms with E-state index in [4.69, 9.17) is 4.74 Å². The second kappa shape index (κ2) is 13.9. The minimum Gasteiger partial charge on any atom is -1.00 e. The van der Waals surface area contributed by atoms with Gasteiger partial charge in [-0.05, 0) is 74.0 Å². The van der Waals surface area contributed by atoms with Gasteiger partial charge in [0, 0.05) is 45.9 Å². The number of carbonyl (C=O) groups excluding carboxylic acids is 3. The van der Waals surface area contributed by atoms with E-state index in [1.54, 1.807) is 11.8 Å². The Morgan fingerprint density at radius 3 is 2.68 bits per heavy atom. The zero-order chi connectivity index (χ0) is 31.0. The Hall–Kier alpha value is -1.87. The first-order chi connectivity index (χ1) is 20.4. The summed E-state index contributed by atoms with van der Waals surface area (Å²) in [6, 6.07) is 7.74. The molecule has 9 atom stereocenters. The average molecular weight is 647 g/mol. The average Bonchev–Trinajstić information content (AvgIpc) is 3.36. The summed E-state index contributed by atoms with van der Waals surface area (Å²) >= 11 is 1.56. The summed E-state index contributed by atoms with van der Waals surface area (Å²) in [5.74, 6) is 0.509. The van der Waals surface area contributed by atoms with Gasteiger partial charge in [-0.2, -0.15) is 0 Å². The third-order valence-electron chi connectivity index (χ3n) is 12.0. The summed E-state index contributed by atoms with van der Waals surface area (Å²) in [4.78, 5) is 40.7. The molecule has 3 aliphatic carbocycles. The monoisotopic (exact) mass is 646 g/mol. The lowest BCUT2D eigenvalue weighted by atomic mass is 9.44. The van der Waals surface area contributed by atoms with Crippen molar-refractivity contribution in [3.05, 3.63) is 36.9 Å². The highest BCUT2D eigenvalue weighted by molar-refractivity contribution is 7.99. The number of nitrogens with two attached hydrogens (primary N) is 1. The number of anilines is 1. The molecule has 0 spiro atoms. The summed E-state index contributed by atoms with van der Waals surface area (Å²) in [6.07, 6.45) is 7.69. The van der Waals surface area contributed by atoms with Gasteiger partial charge in [-0.25, -0.2) is 0 Å². The van der Waals surface area contributed by atoms with Gasteiger partial charge in [-0.1, -0.05) is 39.8 Å². The SMILES string of the molecule is C=C[C@]1(C)C[C@@H](OC(=O)CCSc2cccc(NC(=O)[C@H]3CCCC[NH2+]3)c2)[C@@]2(C)C3C(=O)CC[C@@]3(CC[C@H]2C)[C@@H](C)[C@@H]1O.[Cl-]. The van der Waals surface area contributed by atoms with E-state index >= 15 is 0 Å². The second-order valence-electron chi connectivity index (χ2n) is 14.3. The molecule has 0 aromatic heterocycles. The van der Waals surface area contributed by atoms with Crippen LogP contribution in [0.15, 0.2) is 41.8 Å². The van der Waals surface area contributed by atoms with Crippen LogP contribution in [0, 0.1) is 34.0 Å². The Bertz CT molecular complexity index is 1240. The second-order valence-corrected chi connectivity index (χ2v) is 15.5. The predicted octanol–water partition coefficient (Wildman–Crippen LogP) is 2.13. The van der Waals surface area contributed by atoms with Crippen molar-refractivity contribution in [2.45, 2.75) is 109 Å². The number of quaternary nitrogens is 1. The fourth-order valence-electron chi connectivity index (χ4n) is 9.05. The molecule has 4 N–H and O–H groups in total. The van der Waals surface area contributed by atoms with Crippen LogP contribution in [-0.2, 0) is 19.1 Å². The van der Waals surface area contributed by atoms with Gasteiger partial charge in [0.1, 0.15) is 11.9 Å². The van der Waals surface area contributed by atoms with Gasteiger partial charge in [-0.3, -0.25) is 14.4 Å². The molecule has 3 saturated carbocycles. The van der Waals surface area contributed by atoms with E-state index < -0.39 is 23.0 Å². The number of aliphatic hydroxyl groups excluding tert-OH is 1. The molecular weight excluding hydrogens is 596 g/mol. The molecule has 0 radical (unpaired) electrons. The number of ketones is 1. The molecule has 244 valence electrons. The maximum Gasteiger partial charge on any atom is 0.306 e. The lowest BCUT2D eigenvalue weighted by Gasteiger charge is -2.61. The number of amides is 1. The van der Waals surface area contributed by atoms with Gasteiger partial charge < -0.3 is 32.9 Å². The molecule has 7 nitrogen and oxygen atoms in total. The zero-order valence-corrected chi connectivity index (χ0v) is 28.4. The van der Waals surface area contributed by atoms with E-state index in [0.717, 1.165) is 55.7 Å². The molecule has 1 amide bonds. The minimum atomic E-state index is -0.670. The normalized spacial score (nSPS) is 38.3. The Balaban J connectivity index is 0.00000442. The molecule has 1 aliphatic heterocycles. The van der Waals surface area contributed by atoms with Gasteiger partial charge >= 0.3 is 5.97 Å². The number of carbonyl (C=O) groups is 3. The molecule has 1 heterocycles. The van der Waals surface area contributed by atoms with Crippen molar-refractivity contribution < 1.29 is 42.0 Å². The number of nitrogens with one attached hydrogen (secondary N) is 1. The van der Waals surface area contributed by atoms with E-state index in [-0.39, 0.29) is 65.7 Å². The number of Topliss-reactive ketones (excluding diaryl/α,β-unsaturated/α-hetero) is 1. The van der Waals surface area contributed by atoms with Crippen LogP contribution in [0.3, 0.4) is 0 Å². The van der Waals surface area contributed by atoms with Crippen LogP contribution in [-0.4, -0.2) is 53.3 Å². The number of esters is 1. The van der Waals surface area contributed by atoms with Crippen LogP contribution in [0.4, 0.5) is 5.69 Å². The lowest BCUT2D eigenvalue weighted by molar-refractivity contribution is -0.684. The number of ether oxygens (including phenoxy) is 1. The fourth-order valence-corrected chi connectivity index (χ4v) is 9.94. The first-order valence-corrected chi connectivity index (χ1v) is 17.3. The highest BCUT2D eigenvalue weighted by Gasteiger charge is 2.68. The zero-order valence-electron chi connectivity index (χ0n) is 26.8. The van der Waals surface area contributed by atoms with E-state index in [1.165, 1.54) is 0 Å². The summed E-state index contributed by atoms with van der Waals surface area (Å²) in [5.41, 5.74) is -0.651. The van der Waals surface area contributed by atoms with Crippen molar-refractivity contribution in [3.8, 4) is 0 Å². The fraction of sp³-hybridized carbons (Fsp3) is 0.686. The number of hydrogen-bond donors (Lipinski definition) is 3. The minimum absolute atomic E-state index is 0. The summed E-state index contributed by atoms with van der Waals surface area (Å²) in [5, 5.41) is 16.9. The van der Waals surface area contributed by atoms with Gasteiger partial charge in [0.25, 0.3) is 5.91 Å². The maximum atomic E-state index is 13.6. The number of aliphatic hydroxyl groups is 1. The highest BCUT2D eigenvalue weighted by Crippen LogP contribution is 2.68. The van der Waals surface area contributed by atoms with Gasteiger partial charge in [0.2, 0.25) is 0 Å². The number of hydrogen-bond acceptors (Lipinski definition) is 6. The molecule has 5 rings (SSSR count). The Labute approximate surface area is 273 Å². The first-order valence-electron chi connectivity index (χ1n) is 16.4. The number of rotatable bonds is 8. The largest absolute Gasteiger partial charge is 1.00 e.